The number of hydrogen-bond donors (Lipinski definition) is 8. The summed E-state index contributed by atoms with van der Waals surface area (Å²) >= 11 is 0. The van der Waals surface area contributed by atoms with Crippen molar-refractivity contribution in [1.29, 1.82) is 0 Å². The summed E-state index contributed by atoms with van der Waals surface area (Å²) in [5, 5.41) is 32.9. The number of aliphatic hydroxyl groups excluding tert-OH is 1. The number of carbonyl (C=O) groups excluding carboxylic acids is 8. The highest BCUT2D eigenvalue weighted by Gasteiger charge is 2.39. The van der Waals surface area contributed by atoms with Gasteiger partial charge in [0.05, 0.1) is 17.8 Å². The van der Waals surface area contributed by atoms with Crippen molar-refractivity contribution in [2.45, 2.75) is 136 Å². The van der Waals surface area contributed by atoms with Gasteiger partial charge in [-0.2, -0.15) is 0 Å². The molecular formula is C54H74F2N10O11. The molecule has 9 N–H and O–H groups in total. The zero-order valence-corrected chi connectivity index (χ0v) is 44.6. The van der Waals surface area contributed by atoms with Gasteiger partial charge < -0.3 is 52.0 Å². The van der Waals surface area contributed by atoms with E-state index in [1.807, 2.05) is 51.1 Å². The van der Waals surface area contributed by atoms with E-state index in [1.165, 1.54) is 24.0 Å². The van der Waals surface area contributed by atoms with Gasteiger partial charge in [-0.25, -0.2) is 18.6 Å². The molecule has 4 rings (SSSR count). The summed E-state index contributed by atoms with van der Waals surface area (Å²) in [5.41, 5.74) is 6.43. The first-order valence-electron chi connectivity index (χ1n) is 25.8. The number of amides is 8. The first-order valence-corrected chi connectivity index (χ1v) is 25.8. The van der Waals surface area contributed by atoms with Gasteiger partial charge >= 0.3 is 5.97 Å². The number of unbranched alkanes of at least 4 members (excludes halogenated alkanes) is 3. The lowest BCUT2D eigenvalue weighted by atomic mass is 9.84. The van der Waals surface area contributed by atoms with E-state index >= 15 is 4.39 Å². The Balaban J connectivity index is 1.21. The molecule has 0 spiro atoms. The molecule has 8 amide bonds. The van der Waals surface area contributed by atoms with Gasteiger partial charge in [-0.15, -0.1) is 0 Å². The van der Waals surface area contributed by atoms with Crippen molar-refractivity contribution in [3.05, 3.63) is 89.9 Å². The molecular weight excluding hydrogens is 1000 g/mol. The number of carbonyl (C=O) groups is 9. The Morgan fingerprint density at radius 2 is 1.47 bits per heavy atom. The van der Waals surface area contributed by atoms with Crippen LogP contribution in [0.5, 0.6) is 0 Å². The molecule has 5 atom stereocenters. The lowest BCUT2D eigenvalue weighted by molar-refractivity contribution is -0.142. The smallest absolute Gasteiger partial charge is 0.326 e. The van der Waals surface area contributed by atoms with Crippen LogP contribution in [0.1, 0.15) is 117 Å². The third-order valence-electron chi connectivity index (χ3n) is 12.8. The van der Waals surface area contributed by atoms with Crippen LogP contribution in [-0.4, -0.2) is 140 Å². The highest BCUT2D eigenvalue weighted by molar-refractivity contribution is 6.12. The molecule has 2 heterocycles. The SMILES string of the molecule is CC(C)[C@H](NC(=O)CCCCCN1C(=O)C=CC1=O)C(=O)N[C@@H](C)C(=O)N[C@@H](CCCCNC(=O)CCNC(=O)[C@@H](N)CCN(C(=O)CO)[C@@H](c1nc(-c2cc(F)ccc2F)cn1Cc1ccccc1)C(C)(C)C)C(=O)O. The Bertz CT molecular complexity index is 2570. The maximum Gasteiger partial charge on any atom is 0.326 e. The summed E-state index contributed by atoms with van der Waals surface area (Å²) in [6.45, 7) is 9.94. The van der Waals surface area contributed by atoms with Gasteiger partial charge in [0.15, 0.2) is 0 Å². The van der Waals surface area contributed by atoms with E-state index in [-0.39, 0.29) is 93.8 Å². The third-order valence-corrected chi connectivity index (χ3v) is 12.8. The van der Waals surface area contributed by atoms with Crippen LogP contribution in [0.3, 0.4) is 0 Å². The normalized spacial score (nSPS) is 14.4. The van der Waals surface area contributed by atoms with Crippen molar-refractivity contribution in [2.75, 3.05) is 32.8 Å². The Kier molecular flexibility index (Phi) is 24.0. The average Bonchev–Trinajstić information content (AvgIpc) is 3.93. The van der Waals surface area contributed by atoms with Crippen molar-refractivity contribution in [3.63, 3.8) is 0 Å². The van der Waals surface area contributed by atoms with Crippen LogP contribution in [0.25, 0.3) is 11.3 Å². The van der Waals surface area contributed by atoms with Gasteiger partial charge in [0.2, 0.25) is 35.4 Å². The van der Waals surface area contributed by atoms with Gasteiger partial charge in [-0.1, -0.05) is 71.4 Å². The Morgan fingerprint density at radius 1 is 0.779 bits per heavy atom. The molecule has 0 aliphatic carbocycles. The minimum Gasteiger partial charge on any atom is -0.480 e. The molecule has 0 radical (unpaired) electrons. The molecule has 1 aromatic heterocycles. The van der Waals surface area contributed by atoms with Crippen molar-refractivity contribution >= 4 is 53.2 Å². The summed E-state index contributed by atoms with van der Waals surface area (Å²) in [6.07, 6.45) is 6.03. The number of rotatable bonds is 31. The fourth-order valence-corrected chi connectivity index (χ4v) is 8.58. The lowest BCUT2D eigenvalue weighted by Gasteiger charge is -2.40. The molecule has 23 heteroatoms. The molecule has 0 fully saturated rings. The van der Waals surface area contributed by atoms with E-state index in [1.54, 1.807) is 24.6 Å². The number of benzene rings is 2. The number of hydrogen-bond acceptors (Lipinski definition) is 12. The number of nitrogens with zero attached hydrogens (tertiary/aromatic N) is 4. The van der Waals surface area contributed by atoms with Gasteiger partial charge in [-0.3, -0.25) is 43.3 Å². The standard InChI is InChI=1S/C54H74F2N10O11/c1-33(2)47(63-43(69)18-11-8-14-27-65-44(70)21-22-45(65)71)52(75)60-34(3)50(73)62-40(53(76)77)17-12-13-25-58-42(68)23-26-59-51(74)39(57)24-28-66(46(72)32-67)48(54(4,5)6)49-61-41(37-29-36(55)19-20-38(37)56)31-64(49)30-35-15-9-7-10-16-35/h7,9-10,15-16,19-22,29,31,33-34,39-40,47-48,67H,8,11-14,17-18,23-28,30,32,57H2,1-6H3,(H,58,68)(H,59,74)(H,60,75)(H,62,73)(H,63,69)(H,76,77)/t34-,39-,40-,47-,48-/m0/s1. The van der Waals surface area contributed by atoms with E-state index < -0.39 is 95.3 Å². The number of halogens is 2. The summed E-state index contributed by atoms with van der Waals surface area (Å²) in [5.74, 6) is -6.96. The number of aliphatic carboxylic acids is 1. The van der Waals surface area contributed by atoms with Crippen molar-refractivity contribution < 1.29 is 62.1 Å². The average molecular weight is 1080 g/mol. The van der Waals surface area contributed by atoms with Gasteiger partial charge in [0, 0.05) is 69.5 Å². The van der Waals surface area contributed by atoms with Crippen LogP contribution in [0.4, 0.5) is 8.78 Å². The van der Waals surface area contributed by atoms with Gasteiger partial charge in [-0.05, 0) is 80.5 Å². The van der Waals surface area contributed by atoms with Crippen molar-refractivity contribution in [3.8, 4) is 11.3 Å². The van der Waals surface area contributed by atoms with Crippen LogP contribution in [-0.2, 0) is 49.7 Å². The highest BCUT2D eigenvalue weighted by atomic mass is 19.1. The number of nitrogens with two attached hydrogens (primary N) is 1. The Hall–Kier alpha value is -7.40. The molecule has 0 saturated carbocycles. The first-order chi connectivity index (χ1) is 36.4. The number of carboxylic acid groups (broad SMARTS) is 1. The predicted molar refractivity (Wildman–Crippen MR) is 279 cm³/mol. The van der Waals surface area contributed by atoms with E-state index in [0.29, 0.717) is 31.5 Å². The topological polar surface area (TPSA) is 305 Å². The van der Waals surface area contributed by atoms with Crippen molar-refractivity contribution in [2.24, 2.45) is 17.1 Å². The zero-order valence-electron chi connectivity index (χ0n) is 44.6. The molecule has 1 aliphatic rings. The first kappa shape index (κ1) is 62.1. The van der Waals surface area contributed by atoms with Crippen LogP contribution >= 0.6 is 0 Å². The van der Waals surface area contributed by atoms with Crippen LogP contribution < -0.4 is 32.3 Å². The van der Waals surface area contributed by atoms with E-state index in [0.717, 1.165) is 28.7 Å². The maximum atomic E-state index is 15.1. The molecule has 3 aromatic rings. The second kappa shape index (κ2) is 29.8. The van der Waals surface area contributed by atoms with E-state index in [4.69, 9.17) is 10.7 Å². The highest BCUT2D eigenvalue weighted by Crippen LogP contribution is 2.39. The number of nitrogens with one attached hydrogen (secondary N) is 5. The summed E-state index contributed by atoms with van der Waals surface area (Å²) in [6, 6.07) is 6.89. The maximum absolute atomic E-state index is 15.1. The Morgan fingerprint density at radius 3 is 2.10 bits per heavy atom. The van der Waals surface area contributed by atoms with Crippen LogP contribution in [0, 0.1) is 23.0 Å². The fraction of sp³-hybridized carbons (Fsp3) is 0.519. The quantitative estimate of drug-likeness (QED) is 0.0340. The molecule has 420 valence electrons. The molecule has 2 aromatic carbocycles. The predicted octanol–water partition coefficient (Wildman–Crippen LogP) is 3.00. The van der Waals surface area contributed by atoms with E-state index in [2.05, 4.69) is 26.6 Å². The minimum atomic E-state index is -1.31. The van der Waals surface area contributed by atoms with Crippen LogP contribution in [0.15, 0.2) is 66.9 Å². The summed E-state index contributed by atoms with van der Waals surface area (Å²) in [4.78, 5) is 121. The fourth-order valence-electron chi connectivity index (χ4n) is 8.58. The van der Waals surface area contributed by atoms with Crippen molar-refractivity contribution in [1.82, 2.24) is 45.9 Å². The number of carboxylic acids is 1. The lowest BCUT2D eigenvalue weighted by Crippen LogP contribution is -2.56. The minimum absolute atomic E-state index is 0.00245. The van der Waals surface area contributed by atoms with Gasteiger partial charge in [0.25, 0.3) is 11.8 Å². The Labute approximate surface area is 447 Å². The molecule has 0 bridgehead atoms. The summed E-state index contributed by atoms with van der Waals surface area (Å²) in [7, 11) is 0. The molecule has 1 aliphatic heterocycles. The molecule has 77 heavy (non-hydrogen) atoms. The number of aliphatic hydroxyl groups is 1. The van der Waals surface area contributed by atoms with Gasteiger partial charge in [0.1, 0.15) is 42.2 Å². The summed E-state index contributed by atoms with van der Waals surface area (Å²) < 4.78 is 31.2. The van der Waals surface area contributed by atoms with E-state index in [9.17, 15) is 57.8 Å². The zero-order chi connectivity index (χ0) is 57.0. The second-order valence-corrected chi connectivity index (χ2v) is 20.4. The third kappa shape index (κ3) is 19.3. The second-order valence-electron chi connectivity index (χ2n) is 20.4. The molecule has 0 saturated heterocycles. The molecule has 21 nitrogen and oxygen atoms in total. The largest absolute Gasteiger partial charge is 0.480 e. The number of aromatic nitrogens is 2. The van der Waals surface area contributed by atoms with Crippen LogP contribution in [0.2, 0.25) is 0 Å². The molecule has 0 unspecified atom stereocenters. The number of imidazole rings is 1. The number of imide groups is 1. The monoisotopic (exact) mass is 1080 g/mol.